The van der Waals surface area contributed by atoms with Gasteiger partial charge < -0.3 is 4.90 Å². The molecule has 0 radical (unpaired) electrons. The third kappa shape index (κ3) is 3.67. The number of nitrogens with zero attached hydrogens (tertiary/aromatic N) is 4. The second kappa shape index (κ2) is 7.00. The third-order valence-corrected chi connectivity index (χ3v) is 4.05. The molecular weight excluding hydrogens is 280 g/mol. The van der Waals surface area contributed by atoms with E-state index in [1.54, 1.807) is 11.3 Å². The van der Waals surface area contributed by atoms with Gasteiger partial charge in [-0.3, -0.25) is 0 Å². The normalized spacial score (nSPS) is 10.8. The Morgan fingerprint density at radius 1 is 1.38 bits per heavy atom. The minimum atomic E-state index is 0.613. The number of aromatic nitrogens is 1. The second-order valence-electron chi connectivity index (χ2n) is 4.69. The second-order valence-corrected chi connectivity index (χ2v) is 5.56. The zero-order valence-corrected chi connectivity index (χ0v) is 13.4. The maximum atomic E-state index is 5.40. The summed E-state index contributed by atoms with van der Waals surface area (Å²) in [6.07, 6.45) is 7.37. The maximum absolute atomic E-state index is 5.40. The van der Waals surface area contributed by atoms with Gasteiger partial charge in [0.15, 0.2) is 0 Å². The number of aryl methyl sites for hydroxylation is 2. The summed E-state index contributed by atoms with van der Waals surface area (Å²) in [5.74, 6) is 2.68. The van der Waals surface area contributed by atoms with Crippen molar-refractivity contribution >= 4 is 27.8 Å². The molecule has 0 unspecified atom stereocenters. The number of thiazole rings is 1. The predicted molar refractivity (Wildman–Crippen MR) is 87.6 cm³/mol. The molecule has 4 nitrogen and oxygen atoms in total. The number of hydrogen-bond acceptors (Lipinski definition) is 4. The lowest BCUT2D eigenvalue weighted by molar-refractivity contribution is -0.654. The molecule has 1 heterocycles. The number of azo groups is 1. The first-order valence-electron chi connectivity index (χ1n) is 6.79. The van der Waals surface area contributed by atoms with Gasteiger partial charge in [-0.25, -0.2) is 4.57 Å². The number of rotatable bonds is 5. The van der Waals surface area contributed by atoms with Crippen LogP contribution in [0.25, 0.3) is 0 Å². The van der Waals surface area contributed by atoms with Crippen LogP contribution in [0.15, 0.2) is 40.0 Å². The molecule has 0 atom stereocenters. The van der Waals surface area contributed by atoms with E-state index in [0.29, 0.717) is 6.54 Å². The summed E-state index contributed by atoms with van der Waals surface area (Å²) in [5.41, 5.74) is 3.09. The Balaban J connectivity index is 2.22. The van der Waals surface area contributed by atoms with Crippen LogP contribution < -0.4 is 9.47 Å². The van der Waals surface area contributed by atoms with Crippen LogP contribution >= 0.6 is 11.3 Å². The van der Waals surface area contributed by atoms with Crippen molar-refractivity contribution < 1.29 is 4.57 Å². The van der Waals surface area contributed by atoms with Gasteiger partial charge in [0.05, 0.1) is 18.7 Å². The van der Waals surface area contributed by atoms with Gasteiger partial charge in [0.1, 0.15) is 11.9 Å². The summed E-state index contributed by atoms with van der Waals surface area (Å²) in [7, 11) is 1.96. The Hall–Kier alpha value is -2.19. The highest BCUT2D eigenvalue weighted by Gasteiger charge is 2.09. The number of terminal acetylenes is 1. The fourth-order valence-corrected chi connectivity index (χ4v) is 2.64. The Labute approximate surface area is 129 Å². The fourth-order valence-electron chi connectivity index (χ4n) is 1.96. The lowest BCUT2D eigenvalue weighted by Gasteiger charge is -2.20. The number of anilines is 1. The van der Waals surface area contributed by atoms with Gasteiger partial charge in [-0.2, -0.15) is 0 Å². The quantitative estimate of drug-likeness (QED) is 0.470. The van der Waals surface area contributed by atoms with E-state index in [9.17, 15) is 0 Å². The molecule has 5 heteroatoms. The zero-order chi connectivity index (χ0) is 15.2. The molecule has 0 spiro atoms. The number of benzene rings is 1. The summed E-state index contributed by atoms with van der Waals surface area (Å²) >= 11 is 1.57. The molecule has 2 rings (SSSR count). The highest BCUT2D eigenvalue weighted by Crippen LogP contribution is 2.26. The molecule has 0 amide bonds. The molecule has 1 aromatic heterocycles. The molecule has 0 bridgehead atoms. The Morgan fingerprint density at radius 3 is 2.76 bits per heavy atom. The van der Waals surface area contributed by atoms with Crippen LogP contribution in [-0.2, 0) is 7.05 Å². The van der Waals surface area contributed by atoms with Crippen molar-refractivity contribution in [2.45, 2.75) is 13.8 Å². The van der Waals surface area contributed by atoms with Gasteiger partial charge in [-0.05, 0) is 54.1 Å². The van der Waals surface area contributed by atoms with Crippen LogP contribution in [0.3, 0.4) is 0 Å². The lowest BCUT2D eigenvalue weighted by atomic mass is 10.1. The van der Waals surface area contributed by atoms with Crippen LogP contribution in [0.2, 0.25) is 0 Å². The summed E-state index contributed by atoms with van der Waals surface area (Å²) in [6.45, 7) is 5.63. The monoisotopic (exact) mass is 299 g/mol. The predicted octanol–water partition coefficient (Wildman–Crippen LogP) is 3.76. The Kier molecular flexibility index (Phi) is 5.07. The van der Waals surface area contributed by atoms with Crippen molar-refractivity contribution in [2.75, 3.05) is 18.0 Å². The topological polar surface area (TPSA) is 31.8 Å². The highest BCUT2D eigenvalue weighted by molar-refractivity contribution is 7.12. The minimum absolute atomic E-state index is 0.613. The molecular formula is C16H19N4S+. The molecule has 0 aliphatic rings. The molecule has 0 saturated carbocycles. The van der Waals surface area contributed by atoms with Crippen molar-refractivity contribution in [1.82, 2.24) is 0 Å². The van der Waals surface area contributed by atoms with Crippen molar-refractivity contribution in [3.63, 3.8) is 0 Å². The first-order chi connectivity index (χ1) is 10.2. The van der Waals surface area contributed by atoms with Crippen LogP contribution in [0.4, 0.5) is 16.5 Å². The van der Waals surface area contributed by atoms with E-state index in [-0.39, 0.29) is 0 Å². The van der Waals surface area contributed by atoms with E-state index >= 15 is 0 Å². The summed E-state index contributed by atoms with van der Waals surface area (Å²) in [4.78, 5) is 2.15. The molecule has 0 aliphatic carbocycles. The summed E-state index contributed by atoms with van der Waals surface area (Å²) < 4.78 is 1.95. The molecule has 0 aliphatic heterocycles. The summed E-state index contributed by atoms with van der Waals surface area (Å²) in [5, 5.41) is 11.5. The first-order valence-corrected chi connectivity index (χ1v) is 7.67. The van der Waals surface area contributed by atoms with Gasteiger partial charge in [-0.1, -0.05) is 5.92 Å². The summed E-state index contributed by atoms with van der Waals surface area (Å²) in [6, 6.07) is 6.13. The fraction of sp³-hybridized carbons (Fsp3) is 0.312. The van der Waals surface area contributed by atoms with Crippen molar-refractivity contribution in [1.29, 1.82) is 0 Å². The molecule has 0 saturated heterocycles. The van der Waals surface area contributed by atoms with Crippen LogP contribution in [0.5, 0.6) is 0 Å². The van der Waals surface area contributed by atoms with E-state index in [1.165, 1.54) is 0 Å². The zero-order valence-electron chi connectivity index (χ0n) is 12.6. The van der Waals surface area contributed by atoms with Gasteiger partial charge in [0.25, 0.3) is 0 Å². The van der Waals surface area contributed by atoms with Crippen LogP contribution in [0.1, 0.15) is 12.5 Å². The van der Waals surface area contributed by atoms with Crippen LogP contribution in [0, 0.1) is 19.3 Å². The molecule has 0 N–H and O–H groups in total. The van der Waals surface area contributed by atoms with Gasteiger partial charge >= 0.3 is 5.13 Å². The Bertz CT molecular complexity index is 682. The molecule has 2 aromatic rings. The van der Waals surface area contributed by atoms with Crippen molar-refractivity contribution in [2.24, 2.45) is 17.3 Å². The molecule has 1 aromatic carbocycles. The SMILES string of the molecule is C#CCN(CC)c1ccc(N=Nc2scc[n+]2C)c(C)c1. The van der Waals surface area contributed by atoms with E-state index in [1.807, 2.05) is 42.2 Å². The average Bonchev–Trinajstić information content (AvgIpc) is 2.89. The average molecular weight is 299 g/mol. The van der Waals surface area contributed by atoms with Gasteiger partial charge in [0.2, 0.25) is 0 Å². The van der Waals surface area contributed by atoms with Crippen LogP contribution in [-0.4, -0.2) is 13.1 Å². The molecule has 108 valence electrons. The standard InChI is InChI=1S/C16H19N4S/c1-5-9-20(6-2)14-7-8-15(13(3)12-14)17-18-16-19(4)10-11-21-16/h1,7-8,10-12H,6,9H2,2-4H3/q+1. The van der Waals surface area contributed by atoms with Crippen molar-refractivity contribution in [3.05, 3.63) is 35.3 Å². The largest absolute Gasteiger partial charge is 0.408 e. The maximum Gasteiger partial charge on any atom is 0.408 e. The van der Waals surface area contributed by atoms with E-state index in [2.05, 4.69) is 34.0 Å². The highest BCUT2D eigenvalue weighted by atomic mass is 32.1. The van der Waals surface area contributed by atoms with E-state index in [0.717, 1.165) is 28.6 Å². The lowest BCUT2D eigenvalue weighted by Crippen LogP contribution is -2.23. The third-order valence-electron chi connectivity index (χ3n) is 3.21. The van der Waals surface area contributed by atoms with E-state index in [4.69, 9.17) is 6.42 Å². The minimum Gasteiger partial charge on any atom is -0.361 e. The number of hydrogen-bond donors (Lipinski definition) is 0. The molecule has 21 heavy (non-hydrogen) atoms. The van der Waals surface area contributed by atoms with Gasteiger partial charge in [-0.15, -0.1) is 6.42 Å². The van der Waals surface area contributed by atoms with Crippen molar-refractivity contribution in [3.8, 4) is 12.3 Å². The first kappa shape index (κ1) is 15.2. The Morgan fingerprint density at radius 2 is 2.19 bits per heavy atom. The molecule has 0 fully saturated rings. The van der Waals surface area contributed by atoms with E-state index < -0.39 is 0 Å². The van der Waals surface area contributed by atoms with Gasteiger partial charge in [0, 0.05) is 17.6 Å². The smallest absolute Gasteiger partial charge is 0.361 e.